The summed E-state index contributed by atoms with van der Waals surface area (Å²) in [5.74, 6) is -0.318. The minimum absolute atomic E-state index is 0.0497. The van der Waals surface area contributed by atoms with Crippen molar-refractivity contribution in [3.8, 4) is 22.5 Å². The predicted octanol–water partition coefficient (Wildman–Crippen LogP) is 11.3. The molecule has 1 aliphatic carbocycles. The third-order valence-corrected chi connectivity index (χ3v) is 13.9. The molecule has 15 heteroatoms. The van der Waals surface area contributed by atoms with Crippen LogP contribution in [0.4, 0.5) is 28.4 Å². The maximum absolute atomic E-state index is 13.3. The summed E-state index contributed by atoms with van der Waals surface area (Å²) in [6.45, 7) is 19.1. The summed E-state index contributed by atoms with van der Waals surface area (Å²) in [5, 5.41) is 9.97. The average Bonchev–Trinajstić information content (AvgIpc) is 3.23. The molecule has 1 heterocycles. The summed E-state index contributed by atoms with van der Waals surface area (Å²) in [6.07, 6.45) is 2.71. The van der Waals surface area contributed by atoms with E-state index < -0.39 is 30.0 Å². The molecular formula is C49H56N4O9S2. The van der Waals surface area contributed by atoms with Gasteiger partial charge in [-0.2, -0.15) is 16.8 Å². The van der Waals surface area contributed by atoms with Crippen molar-refractivity contribution in [3.05, 3.63) is 105 Å². The van der Waals surface area contributed by atoms with Gasteiger partial charge in [0.15, 0.2) is 0 Å². The highest BCUT2D eigenvalue weighted by atomic mass is 32.2. The van der Waals surface area contributed by atoms with E-state index >= 15 is 0 Å². The lowest BCUT2D eigenvalue weighted by molar-refractivity contribution is -0.120. The van der Waals surface area contributed by atoms with Crippen LogP contribution in [0.25, 0.3) is 33.4 Å². The Morgan fingerprint density at radius 2 is 1.16 bits per heavy atom. The van der Waals surface area contributed by atoms with Crippen molar-refractivity contribution in [2.75, 3.05) is 16.0 Å². The average molecular weight is 909 g/mol. The lowest BCUT2D eigenvalue weighted by Gasteiger charge is -2.22. The molecule has 64 heavy (non-hydrogen) atoms. The minimum atomic E-state index is -4.97. The molecule has 0 bridgehead atoms. The molecule has 0 aromatic heterocycles. The molecule has 0 saturated heterocycles. The van der Waals surface area contributed by atoms with Gasteiger partial charge in [0, 0.05) is 63.1 Å². The third-order valence-electron chi connectivity index (χ3n) is 12.1. The van der Waals surface area contributed by atoms with Gasteiger partial charge in [0.2, 0.25) is 11.8 Å². The molecule has 6 rings (SSSR count). The zero-order valence-electron chi connectivity index (χ0n) is 37.8. The molecule has 5 N–H and O–H groups in total. The van der Waals surface area contributed by atoms with Crippen LogP contribution in [0.15, 0.2) is 85.9 Å². The molecule has 1 aliphatic heterocycles. The first-order chi connectivity index (χ1) is 30.1. The van der Waals surface area contributed by atoms with Crippen LogP contribution in [0, 0.1) is 53.4 Å². The number of fused-ring (bicyclic) bond motifs is 2. The van der Waals surface area contributed by atoms with Gasteiger partial charge in [0.25, 0.3) is 20.2 Å². The lowest BCUT2D eigenvalue weighted by atomic mass is 9.93. The molecule has 0 fully saturated rings. The first kappa shape index (κ1) is 47.6. The van der Waals surface area contributed by atoms with Crippen molar-refractivity contribution in [2.24, 2.45) is 16.8 Å². The van der Waals surface area contributed by atoms with Gasteiger partial charge in [-0.05, 0) is 125 Å². The van der Waals surface area contributed by atoms with Gasteiger partial charge in [-0.3, -0.25) is 18.7 Å². The fourth-order valence-electron chi connectivity index (χ4n) is 8.62. The zero-order valence-corrected chi connectivity index (χ0v) is 39.5. The number of nitrogens with one attached hydrogen (secondary N) is 3. The lowest BCUT2D eigenvalue weighted by Crippen LogP contribution is -2.23. The highest BCUT2D eigenvalue weighted by Crippen LogP contribution is 2.45. The van der Waals surface area contributed by atoms with Crippen LogP contribution in [0.1, 0.15) is 86.8 Å². The van der Waals surface area contributed by atoms with Gasteiger partial charge >= 0.3 is 0 Å². The van der Waals surface area contributed by atoms with Crippen molar-refractivity contribution in [1.29, 1.82) is 0 Å². The quantitative estimate of drug-likeness (QED) is 0.0516. The SMILES string of the molecule is CCC(CC)C(=O)Nc1c(C)cc(C)c(N=c2ccc3c(-c4ccccc4S(=O)(=O)O)c4cc(S(=O)(=O)O)c(Nc5c(C)cc(C)c(NC(=O)C(CC)CC)c5C)cc4oc-3c2)c1C. The Labute approximate surface area is 375 Å². The van der Waals surface area contributed by atoms with Crippen LogP contribution >= 0.6 is 0 Å². The van der Waals surface area contributed by atoms with E-state index in [4.69, 9.17) is 9.41 Å². The van der Waals surface area contributed by atoms with E-state index in [-0.39, 0.29) is 57.2 Å². The highest BCUT2D eigenvalue weighted by molar-refractivity contribution is 7.86. The molecule has 4 aromatic carbocycles. The van der Waals surface area contributed by atoms with Crippen molar-refractivity contribution in [2.45, 2.75) is 105 Å². The summed E-state index contributed by atoms with van der Waals surface area (Å²) in [4.78, 5) is 30.5. The molecule has 0 atom stereocenters. The molecule has 0 saturated carbocycles. The first-order valence-corrected chi connectivity index (χ1v) is 24.2. The van der Waals surface area contributed by atoms with Gasteiger partial charge in [-0.15, -0.1) is 0 Å². The molecule has 4 aromatic rings. The standard InChI is InChI=1S/C49H56N4O9S2/c1-11-32(12-2)48(54)52-46-28(7)21-26(5)44(30(46)9)50-34-19-20-35-39(23-34)62-40-25-38(51-45-27(6)22-29(8)47(31(45)10)53-49(55)33(13-3)14-4)42(64(59,60)61)24-37(40)43(35)36-17-15-16-18-41(36)63(56,57)58/h15-25,32-33,51H,11-14H2,1-10H3,(H,52,54)(H,53,55)(H,56,57,58)(H,59,60,61). The molecule has 0 spiro atoms. The topological polar surface area (TPSA) is 204 Å². The van der Waals surface area contributed by atoms with E-state index in [2.05, 4.69) is 16.0 Å². The molecule has 0 unspecified atom stereocenters. The highest BCUT2D eigenvalue weighted by Gasteiger charge is 2.28. The van der Waals surface area contributed by atoms with Crippen molar-refractivity contribution in [1.82, 2.24) is 0 Å². The van der Waals surface area contributed by atoms with Crippen molar-refractivity contribution < 1.29 is 39.9 Å². The molecule has 338 valence electrons. The number of hydrogen-bond acceptors (Lipinski definition) is 9. The van der Waals surface area contributed by atoms with E-state index in [1.807, 2.05) is 74.4 Å². The summed E-state index contributed by atoms with van der Waals surface area (Å²) in [7, 11) is -9.79. The van der Waals surface area contributed by atoms with Crippen LogP contribution < -0.4 is 21.3 Å². The van der Waals surface area contributed by atoms with E-state index in [1.54, 1.807) is 31.2 Å². The van der Waals surface area contributed by atoms with Crippen molar-refractivity contribution in [3.63, 3.8) is 0 Å². The second-order valence-electron chi connectivity index (χ2n) is 16.4. The van der Waals surface area contributed by atoms with E-state index in [9.17, 15) is 35.5 Å². The van der Waals surface area contributed by atoms with Gasteiger partial charge in [-0.1, -0.05) is 58.0 Å². The predicted molar refractivity (Wildman–Crippen MR) is 253 cm³/mol. The fraction of sp³-hybridized carbons (Fsp3) is 0.327. The fourth-order valence-corrected chi connectivity index (χ4v) is 9.97. The van der Waals surface area contributed by atoms with Crippen molar-refractivity contribution >= 4 is 71.5 Å². The van der Waals surface area contributed by atoms with Gasteiger partial charge in [-0.25, -0.2) is 4.99 Å². The molecule has 2 amide bonds. The van der Waals surface area contributed by atoms with Gasteiger partial charge in [0.05, 0.1) is 16.7 Å². The summed E-state index contributed by atoms with van der Waals surface area (Å²) >= 11 is 0. The number of carbonyl (C=O) groups is 2. The normalized spacial score (nSPS) is 12.4. The number of benzene rings is 5. The Morgan fingerprint density at radius 1 is 0.625 bits per heavy atom. The Bertz CT molecular complexity index is 3090. The number of hydrogen-bond donors (Lipinski definition) is 5. The monoisotopic (exact) mass is 908 g/mol. The second-order valence-corrected chi connectivity index (χ2v) is 19.2. The number of carbonyl (C=O) groups excluding carboxylic acids is 2. The van der Waals surface area contributed by atoms with Gasteiger partial charge in [0.1, 0.15) is 21.1 Å². The molecule has 13 nitrogen and oxygen atoms in total. The van der Waals surface area contributed by atoms with Crippen LogP contribution in [0.2, 0.25) is 0 Å². The molecule has 2 aliphatic rings. The summed E-state index contributed by atoms with van der Waals surface area (Å²) < 4.78 is 80.1. The maximum Gasteiger partial charge on any atom is 0.296 e. The van der Waals surface area contributed by atoms with E-state index in [1.165, 1.54) is 30.3 Å². The molecule has 0 radical (unpaired) electrons. The van der Waals surface area contributed by atoms with Crippen LogP contribution in [0.5, 0.6) is 0 Å². The summed E-state index contributed by atoms with van der Waals surface area (Å²) in [6, 6.07) is 17.2. The second kappa shape index (κ2) is 18.7. The number of aryl methyl sites for hydroxylation is 4. The van der Waals surface area contributed by atoms with E-state index in [0.29, 0.717) is 64.9 Å². The van der Waals surface area contributed by atoms with Crippen LogP contribution in [-0.2, 0) is 29.8 Å². The Hall–Kier alpha value is -5.87. The van der Waals surface area contributed by atoms with E-state index in [0.717, 1.165) is 27.8 Å². The number of amides is 2. The number of anilines is 4. The molecular weight excluding hydrogens is 853 g/mol. The Kier molecular flexibility index (Phi) is 13.9. The number of nitrogens with zero attached hydrogens (tertiary/aromatic N) is 1. The zero-order chi connectivity index (χ0) is 47.0. The summed E-state index contributed by atoms with van der Waals surface area (Å²) in [5.41, 5.74) is 7.67. The third kappa shape index (κ3) is 9.48. The maximum atomic E-state index is 13.3. The largest absolute Gasteiger partial charge is 0.456 e. The minimum Gasteiger partial charge on any atom is -0.456 e. The van der Waals surface area contributed by atoms with Crippen LogP contribution in [-0.4, -0.2) is 37.8 Å². The number of rotatable bonds is 14. The Balaban J connectivity index is 1.63. The first-order valence-electron chi connectivity index (χ1n) is 21.4. The Morgan fingerprint density at radius 3 is 1.72 bits per heavy atom. The van der Waals surface area contributed by atoms with Crippen LogP contribution in [0.3, 0.4) is 0 Å². The smallest absolute Gasteiger partial charge is 0.296 e. The van der Waals surface area contributed by atoms with Gasteiger partial charge < -0.3 is 20.4 Å².